The summed E-state index contributed by atoms with van der Waals surface area (Å²) in [7, 11) is 1.84. The van der Waals surface area contributed by atoms with Crippen molar-refractivity contribution in [3.8, 4) is 0 Å². The summed E-state index contributed by atoms with van der Waals surface area (Å²) in [5.74, 6) is 0.988. The van der Waals surface area contributed by atoms with Gasteiger partial charge in [0.2, 0.25) is 0 Å². The molecule has 0 aromatic heterocycles. The van der Waals surface area contributed by atoms with Crippen LogP contribution in [0.3, 0.4) is 0 Å². The number of rotatable bonds is 5. The highest BCUT2D eigenvalue weighted by Gasteiger charge is 2.33. The van der Waals surface area contributed by atoms with Crippen molar-refractivity contribution in [1.29, 1.82) is 0 Å². The molecule has 2 heteroatoms. The minimum Gasteiger partial charge on any atom is -0.381 e. The van der Waals surface area contributed by atoms with E-state index in [2.05, 4.69) is 12.2 Å². The lowest BCUT2D eigenvalue weighted by molar-refractivity contribution is 0.106. The molecule has 82 valence electrons. The Morgan fingerprint density at radius 3 is 2.57 bits per heavy atom. The molecule has 0 aliphatic heterocycles. The Balaban J connectivity index is 1.73. The molecule has 2 aliphatic rings. The molecule has 2 nitrogen and oxygen atoms in total. The first kappa shape index (κ1) is 10.4. The molecule has 0 saturated heterocycles. The van der Waals surface area contributed by atoms with E-state index in [-0.39, 0.29) is 0 Å². The van der Waals surface area contributed by atoms with Crippen molar-refractivity contribution < 1.29 is 4.74 Å². The van der Waals surface area contributed by atoms with Gasteiger partial charge in [0.05, 0.1) is 6.10 Å². The summed E-state index contributed by atoms with van der Waals surface area (Å²) in [5, 5.41) is 3.81. The van der Waals surface area contributed by atoms with Gasteiger partial charge in [-0.1, -0.05) is 6.92 Å². The molecule has 0 spiro atoms. The molecule has 0 bridgehead atoms. The average molecular weight is 197 g/mol. The third kappa shape index (κ3) is 2.48. The first-order valence-corrected chi connectivity index (χ1v) is 6.12. The molecule has 0 aromatic carbocycles. The summed E-state index contributed by atoms with van der Waals surface area (Å²) in [6, 6.07) is 1.51. The topological polar surface area (TPSA) is 21.3 Å². The minimum atomic E-state index is 0.518. The van der Waals surface area contributed by atoms with Gasteiger partial charge in [-0.25, -0.2) is 0 Å². The molecule has 2 saturated carbocycles. The van der Waals surface area contributed by atoms with Gasteiger partial charge in [-0.3, -0.25) is 0 Å². The van der Waals surface area contributed by atoms with Gasteiger partial charge >= 0.3 is 0 Å². The summed E-state index contributed by atoms with van der Waals surface area (Å²) in [4.78, 5) is 0. The van der Waals surface area contributed by atoms with Crippen LogP contribution in [-0.2, 0) is 4.74 Å². The zero-order valence-electron chi connectivity index (χ0n) is 9.46. The van der Waals surface area contributed by atoms with Crippen LogP contribution < -0.4 is 5.32 Å². The number of methoxy groups -OCH3 is 1. The predicted octanol–water partition coefficient (Wildman–Crippen LogP) is 2.33. The molecule has 0 radical (unpaired) electrons. The van der Waals surface area contributed by atoms with Crippen LogP contribution in [0.25, 0.3) is 0 Å². The highest BCUT2D eigenvalue weighted by molar-refractivity contribution is 4.90. The maximum Gasteiger partial charge on any atom is 0.0586 e. The SMILES string of the molecule is CCC(NC1CCC(OC)C1)C1CC1. The van der Waals surface area contributed by atoms with Crippen molar-refractivity contribution in [3.05, 3.63) is 0 Å². The Labute approximate surface area is 87.4 Å². The van der Waals surface area contributed by atoms with Gasteiger partial charge in [0.1, 0.15) is 0 Å². The van der Waals surface area contributed by atoms with Gasteiger partial charge in [0.25, 0.3) is 0 Å². The Morgan fingerprint density at radius 2 is 2.07 bits per heavy atom. The summed E-state index contributed by atoms with van der Waals surface area (Å²) >= 11 is 0. The van der Waals surface area contributed by atoms with Crippen LogP contribution in [0.1, 0.15) is 45.4 Å². The van der Waals surface area contributed by atoms with E-state index in [0.717, 1.165) is 18.0 Å². The lowest BCUT2D eigenvalue weighted by Gasteiger charge is -2.21. The number of nitrogens with one attached hydrogen (secondary N) is 1. The van der Waals surface area contributed by atoms with E-state index in [1.165, 1.54) is 38.5 Å². The van der Waals surface area contributed by atoms with E-state index in [0.29, 0.717) is 6.10 Å². The second-order valence-electron chi connectivity index (χ2n) is 4.89. The third-order valence-corrected chi connectivity index (χ3v) is 3.80. The van der Waals surface area contributed by atoms with Crippen molar-refractivity contribution >= 4 is 0 Å². The van der Waals surface area contributed by atoms with Crippen molar-refractivity contribution in [2.75, 3.05) is 7.11 Å². The fourth-order valence-corrected chi connectivity index (χ4v) is 2.69. The largest absolute Gasteiger partial charge is 0.381 e. The minimum absolute atomic E-state index is 0.518. The first-order valence-electron chi connectivity index (χ1n) is 6.12. The molecule has 3 atom stereocenters. The van der Waals surface area contributed by atoms with E-state index in [4.69, 9.17) is 4.74 Å². The molecular formula is C12H23NO. The molecule has 0 aromatic rings. The molecule has 0 amide bonds. The van der Waals surface area contributed by atoms with Gasteiger partial charge in [0, 0.05) is 19.2 Å². The third-order valence-electron chi connectivity index (χ3n) is 3.80. The Hall–Kier alpha value is -0.0800. The molecule has 2 fully saturated rings. The van der Waals surface area contributed by atoms with Gasteiger partial charge in [-0.15, -0.1) is 0 Å². The second-order valence-corrected chi connectivity index (χ2v) is 4.89. The zero-order valence-corrected chi connectivity index (χ0v) is 9.46. The van der Waals surface area contributed by atoms with E-state index >= 15 is 0 Å². The van der Waals surface area contributed by atoms with Gasteiger partial charge in [-0.05, 0) is 44.4 Å². The van der Waals surface area contributed by atoms with Gasteiger partial charge in [-0.2, -0.15) is 0 Å². The lowest BCUT2D eigenvalue weighted by atomic mass is 10.1. The van der Waals surface area contributed by atoms with Crippen LogP contribution in [0, 0.1) is 5.92 Å². The monoisotopic (exact) mass is 197 g/mol. The maximum absolute atomic E-state index is 5.39. The molecule has 14 heavy (non-hydrogen) atoms. The number of hydrogen-bond donors (Lipinski definition) is 1. The number of hydrogen-bond acceptors (Lipinski definition) is 2. The number of ether oxygens (including phenoxy) is 1. The molecular weight excluding hydrogens is 174 g/mol. The fraction of sp³-hybridized carbons (Fsp3) is 1.00. The lowest BCUT2D eigenvalue weighted by Crippen LogP contribution is -2.38. The quantitative estimate of drug-likeness (QED) is 0.730. The summed E-state index contributed by atoms with van der Waals surface area (Å²) in [6.07, 6.45) is 8.48. The summed E-state index contributed by atoms with van der Waals surface area (Å²) < 4.78 is 5.39. The van der Waals surface area contributed by atoms with Crippen LogP contribution in [0.2, 0.25) is 0 Å². The maximum atomic E-state index is 5.39. The van der Waals surface area contributed by atoms with Crippen molar-refractivity contribution in [2.45, 2.75) is 63.6 Å². The summed E-state index contributed by atoms with van der Waals surface area (Å²) in [6.45, 7) is 2.30. The van der Waals surface area contributed by atoms with Crippen LogP contribution in [0.4, 0.5) is 0 Å². The van der Waals surface area contributed by atoms with E-state index in [1.54, 1.807) is 0 Å². The normalized spacial score (nSPS) is 34.7. The van der Waals surface area contributed by atoms with E-state index in [9.17, 15) is 0 Å². The Bertz CT molecular complexity index is 179. The predicted molar refractivity (Wildman–Crippen MR) is 58.4 cm³/mol. The Morgan fingerprint density at radius 1 is 1.29 bits per heavy atom. The van der Waals surface area contributed by atoms with Crippen LogP contribution >= 0.6 is 0 Å². The van der Waals surface area contributed by atoms with Gasteiger partial charge in [0.15, 0.2) is 0 Å². The van der Waals surface area contributed by atoms with E-state index in [1.807, 2.05) is 7.11 Å². The zero-order chi connectivity index (χ0) is 9.97. The highest BCUT2D eigenvalue weighted by atomic mass is 16.5. The Kier molecular flexibility index (Phi) is 3.45. The van der Waals surface area contributed by atoms with Crippen molar-refractivity contribution in [1.82, 2.24) is 5.32 Å². The van der Waals surface area contributed by atoms with Gasteiger partial charge < -0.3 is 10.1 Å². The second kappa shape index (κ2) is 4.63. The molecule has 2 rings (SSSR count). The van der Waals surface area contributed by atoms with E-state index < -0.39 is 0 Å². The standard InChI is InChI=1S/C12H23NO/c1-3-12(9-4-5-9)13-10-6-7-11(8-10)14-2/h9-13H,3-8H2,1-2H3. The van der Waals surface area contributed by atoms with Crippen molar-refractivity contribution in [2.24, 2.45) is 5.92 Å². The fourth-order valence-electron chi connectivity index (χ4n) is 2.69. The summed E-state index contributed by atoms with van der Waals surface area (Å²) in [5.41, 5.74) is 0. The molecule has 0 heterocycles. The van der Waals surface area contributed by atoms with Crippen molar-refractivity contribution in [3.63, 3.8) is 0 Å². The van der Waals surface area contributed by atoms with Crippen LogP contribution in [-0.4, -0.2) is 25.3 Å². The molecule has 1 N–H and O–H groups in total. The molecule has 3 unspecified atom stereocenters. The average Bonchev–Trinajstić information content (AvgIpc) is 2.95. The van der Waals surface area contributed by atoms with Crippen LogP contribution in [0.15, 0.2) is 0 Å². The molecule has 2 aliphatic carbocycles. The highest BCUT2D eigenvalue weighted by Crippen LogP contribution is 2.35. The van der Waals surface area contributed by atoms with Crippen LogP contribution in [0.5, 0.6) is 0 Å². The smallest absolute Gasteiger partial charge is 0.0586 e. The first-order chi connectivity index (χ1) is 6.83.